The lowest BCUT2D eigenvalue weighted by molar-refractivity contribution is 0.0926. The zero-order chi connectivity index (χ0) is 14.8. The Morgan fingerprint density at radius 3 is 2.15 bits per heavy atom. The Bertz CT molecular complexity index is 575. The number of nitrogens with one attached hydrogen (secondary N) is 1. The Balaban J connectivity index is 1.99. The van der Waals surface area contributed by atoms with E-state index >= 15 is 0 Å². The molecule has 1 aromatic carbocycles. The highest BCUT2D eigenvalue weighted by Gasteiger charge is 2.20. The molecule has 110 valence electrons. The summed E-state index contributed by atoms with van der Waals surface area (Å²) in [6, 6.07) is 5.97. The van der Waals surface area contributed by atoms with Crippen molar-refractivity contribution < 1.29 is 13.2 Å². The van der Waals surface area contributed by atoms with Crippen LogP contribution in [0, 0.1) is 0 Å². The minimum absolute atomic E-state index is 0.00214. The number of primary sulfonamides is 1. The van der Waals surface area contributed by atoms with Gasteiger partial charge in [0.25, 0.3) is 5.91 Å². The number of hydrogen-bond donors (Lipinski definition) is 3. The summed E-state index contributed by atoms with van der Waals surface area (Å²) < 4.78 is 22.3. The quantitative estimate of drug-likeness (QED) is 0.745. The van der Waals surface area contributed by atoms with Crippen LogP contribution in [0.3, 0.4) is 0 Å². The molecule has 1 aromatic rings. The summed E-state index contributed by atoms with van der Waals surface area (Å²) in [4.78, 5) is 12.0. The van der Waals surface area contributed by atoms with E-state index in [1.54, 1.807) is 0 Å². The molecule has 0 heterocycles. The van der Waals surface area contributed by atoms with Crippen molar-refractivity contribution in [3.05, 3.63) is 29.8 Å². The van der Waals surface area contributed by atoms with Crippen LogP contribution < -0.4 is 16.2 Å². The van der Waals surface area contributed by atoms with Crippen LogP contribution in [0.1, 0.15) is 36.0 Å². The van der Waals surface area contributed by atoms with Crippen LogP contribution in [-0.4, -0.2) is 26.4 Å². The molecule has 1 saturated carbocycles. The van der Waals surface area contributed by atoms with E-state index in [4.69, 9.17) is 10.9 Å². The largest absolute Gasteiger partial charge is 0.349 e. The molecule has 0 spiro atoms. The summed E-state index contributed by atoms with van der Waals surface area (Å²) in [6.45, 7) is 0. The molecule has 0 radical (unpaired) electrons. The number of amides is 1. The molecule has 6 nitrogen and oxygen atoms in total. The van der Waals surface area contributed by atoms with Crippen LogP contribution in [0.4, 0.5) is 0 Å². The van der Waals surface area contributed by atoms with E-state index in [-0.39, 0.29) is 22.9 Å². The summed E-state index contributed by atoms with van der Waals surface area (Å²) in [5.41, 5.74) is 6.24. The van der Waals surface area contributed by atoms with Crippen molar-refractivity contribution >= 4 is 15.9 Å². The standard InChI is InChI=1S/C13H19N3O3S/c14-10-3-5-11(6-4-10)16-13(17)9-1-7-12(8-2-9)20(15,18)19/h1-2,7-8,10-11H,3-6,14H2,(H,16,17)(H2,15,18,19). The molecule has 1 fully saturated rings. The molecular weight excluding hydrogens is 278 g/mol. The van der Waals surface area contributed by atoms with Gasteiger partial charge in [-0.3, -0.25) is 4.79 Å². The van der Waals surface area contributed by atoms with Gasteiger partial charge in [0.15, 0.2) is 0 Å². The Hall–Kier alpha value is -1.44. The minimum atomic E-state index is -3.72. The first kappa shape index (κ1) is 15.0. The first-order valence-electron chi connectivity index (χ1n) is 6.55. The van der Waals surface area contributed by atoms with Gasteiger partial charge in [-0.2, -0.15) is 0 Å². The monoisotopic (exact) mass is 297 g/mol. The van der Waals surface area contributed by atoms with Crippen LogP contribution in [0.2, 0.25) is 0 Å². The second-order valence-electron chi connectivity index (χ2n) is 5.15. The number of benzene rings is 1. The minimum Gasteiger partial charge on any atom is -0.349 e. The molecule has 5 N–H and O–H groups in total. The molecule has 1 aliphatic carbocycles. The predicted octanol–water partition coefficient (Wildman–Crippen LogP) is 0.334. The topological polar surface area (TPSA) is 115 Å². The first-order chi connectivity index (χ1) is 9.36. The van der Waals surface area contributed by atoms with Gasteiger partial charge in [-0.05, 0) is 49.9 Å². The average Bonchev–Trinajstić information content (AvgIpc) is 2.40. The molecule has 0 aliphatic heterocycles. The summed E-state index contributed by atoms with van der Waals surface area (Å²) in [7, 11) is -3.72. The number of carbonyl (C=O) groups excluding carboxylic acids is 1. The second-order valence-corrected chi connectivity index (χ2v) is 6.72. The fourth-order valence-electron chi connectivity index (χ4n) is 2.33. The van der Waals surface area contributed by atoms with Crippen LogP contribution in [-0.2, 0) is 10.0 Å². The summed E-state index contributed by atoms with van der Waals surface area (Å²) >= 11 is 0. The Morgan fingerprint density at radius 2 is 1.65 bits per heavy atom. The lowest BCUT2D eigenvalue weighted by Crippen LogP contribution is -2.40. The second kappa shape index (κ2) is 5.90. The molecule has 2 rings (SSSR count). The molecule has 0 aromatic heterocycles. The SMILES string of the molecule is NC1CCC(NC(=O)c2ccc(S(N)(=O)=O)cc2)CC1. The maximum Gasteiger partial charge on any atom is 0.251 e. The number of sulfonamides is 1. The van der Waals surface area contributed by atoms with E-state index in [2.05, 4.69) is 5.32 Å². The van der Waals surface area contributed by atoms with Crippen molar-refractivity contribution in [3.8, 4) is 0 Å². The van der Waals surface area contributed by atoms with Crippen LogP contribution in [0.15, 0.2) is 29.2 Å². The fourth-order valence-corrected chi connectivity index (χ4v) is 2.84. The number of rotatable bonds is 3. The molecule has 1 amide bonds. The summed E-state index contributed by atoms with van der Waals surface area (Å²) in [6.07, 6.45) is 3.58. The molecule has 1 aliphatic rings. The maximum absolute atomic E-state index is 12.0. The van der Waals surface area contributed by atoms with Crippen molar-refractivity contribution in [2.24, 2.45) is 10.9 Å². The van der Waals surface area contributed by atoms with Gasteiger partial charge >= 0.3 is 0 Å². The van der Waals surface area contributed by atoms with E-state index in [1.165, 1.54) is 24.3 Å². The van der Waals surface area contributed by atoms with Gasteiger partial charge in [-0.15, -0.1) is 0 Å². The smallest absolute Gasteiger partial charge is 0.251 e. The first-order valence-corrected chi connectivity index (χ1v) is 8.10. The van der Waals surface area contributed by atoms with Gasteiger partial charge in [0.1, 0.15) is 0 Å². The maximum atomic E-state index is 12.0. The van der Waals surface area contributed by atoms with Crippen molar-refractivity contribution in [2.75, 3.05) is 0 Å². The molecule has 0 saturated heterocycles. The van der Waals surface area contributed by atoms with Crippen molar-refractivity contribution in [1.82, 2.24) is 5.32 Å². The molecule has 0 atom stereocenters. The van der Waals surface area contributed by atoms with Gasteiger partial charge in [0, 0.05) is 17.6 Å². The molecule has 7 heteroatoms. The van der Waals surface area contributed by atoms with Crippen LogP contribution in [0.5, 0.6) is 0 Å². The van der Waals surface area contributed by atoms with Crippen LogP contribution >= 0.6 is 0 Å². The molecule has 0 bridgehead atoms. The number of hydrogen-bond acceptors (Lipinski definition) is 4. The van der Waals surface area contributed by atoms with E-state index in [0.717, 1.165) is 25.7 Å². The van der Waals surface area contributed by atoms with Crippen molar-refractivity contribution in [3.63, 3.8) is 0 Å². The van der Waals surface area contributed by atoms with E-state index in [9.17, 15) is 13.2 Å². The zero-order valence-electron chi connectivity index (χ0n) is 11.1. The van der Waals surface area contributed by atoms with Gasteiger partial charge in [-0.1, -0.05) is 0 Å². The van der Waals surface area contributed by atoms with Gasteiger partial charge in [0.2, 0.25) is 10.0 Å². The predicted molar refractivity (Wildman–Crippen MR) is 75.5 cm³/mol. The van der Waals surface area contributed by atoms with Crippen molar-refractivity contribution in [2.45, 2.75) is 42.7 Å². The number of nitrogens with two attached hydrogens (primary N) is 2. The highest BCUT2D eigenvalue weighted by molar-refractivity contribution is 7.89. The van der Waals surface area contributed by atoms with Gasteiger partial charge in [-0.25, -0.2) is 13.6 Å². The van der Waals surface area contributed by atoms with Gasteiger partial charge < -0.3 is 11.1 Å². The summed E-state index contributed by atoms with van der Waals surface area (Å²) in [5, 5.41) is 7.94. The van der Waals surface area contributed by atoms with E-state index in [0.29, 0.717) is 5.56 Å². The fraction of sp³-hybridized carbons (Fsp3) is 0.462. The Kier molecular flexibility index (Phi) is 4.42. The molecule has 0 unspecified atom stereocenters. The third kappa shape index (κ3) is 3.78. The zero-order valence-corrected chi connectivity index (χ0v) is 11.9. The van der Waals surface area contributed by atoms with Crippen molar-refractivity contribution in [1.29, 1.82) is 0 Å². The third-order valence-electron chi connectivity index (χ3n) is 3.55. The van der Waals surface area contributed by atoms with E-state index in [1.807, 2.05) is 0 Å². The Morgan fingerprint density at radius 1 is 1.10 bits per heavy atom. The lowest BCUT2D eigenvalue weighted by atomic mass is 9.91. The van der Waals surface area contributed by atoms with Crippen LogP contribution in [0.25, 0.3) is 0 Å². The highest BCUT2D eigenvalue weighted by Crippen LogP contribution is 2.17. The van der Waals surface area contributed by atoms with Gasteiger partial charge in [0.05, 0.1) is 4.90 Å². The normalized spacial score (nSPS) is 23.3. The highest BCUT2D eigenvalue weighted by atomic mass is 32.2. The summed E-state index contributed by atoms with van der Waals surface area (Å²) in [5.74, 6) is -0.202. The molecule has 20 heavy (non-hydrogen) atoms. The molecular formula is C13H19N3O3S. The number of carbonyl (C=O) groups is 1. The third-order valence-corrected chi connectivity index (χ3v) is 4.48. The lowest BCUT2D eigenvalue weighted by Gasteiger charge is -2.26. The Labute approximate surface area is 118 Å². The average molecular weight is 297 g/mol. The van der Waals surface area contributed by atoms with E-state index < -0.39 is 10.0 Å².